The molecule has 2 aromatic rings. The van der Waals surface area contributed by atoms with Crippen LogP contribution in [0.4, 0.5) is 0 Å². The van der Waals surface area contributed by atoms with Crippen LogP contribution >= 0.6 is 22.9 Å². The van der Waals surface area contributed by atoms with Gasteiger partial charge in [0, 0.05) is 24.6 Å². The van der Waals surface area contributed by atoms with Gasteiger partial charge >= 0.3 is 0 Å². The molecule has 0 unspecified atom stereocenters. The Morgan fingerprint density at radius 1 is 1.38 bits per heavy atom. The van der Waals surface area contributed by atoms with E-state index in [-0.39, 0.29) is 17.5 Å². The number of nitrogens with zero attached hydrogens (tertiary/aromatic N) is 2. The Labute approximate surface area is 151 Å². The van der Waals surface area contributed by atoms with Crippen molar-refractivity contribution in [1.82, 2.24) is 14.5 Å². The van der Waals surface area contributed by atoms with Gasteiger partial charge in [-0.05, 0) is 39.8 Å². The molecule has 0 spiro atoms. The molecule has 0 aliphatic heterocycles. The van der Waals surface area contributed by atoms with Gasteiger partial charge in [-0.3, -0.25) is 4.68 Å². The van der Waals surface area contributed by atoms with Crippen LogP contribution in [0.15, 0.2) is 17.0 Å². The van der Waals surface area contributed by atoms with E-state index in [0.717, 1.165) is 4.88 Å². The number of ether oxygens (including phenoxy) is 1. The number of sulfonamides is 1. The van der Waals surface area contributed by atoms with E-state index in [9.17, 15) is 8.42 Å². The molecule has 1 N–H and O–H groups in total. The molecule has 0 saturated carbocycles. The number of aryl methyl sites for hydroxylation is 1. The lowest BCUT2D eigenvalue weighted by atomic mass is 10.3. The van der Waals surface area contributed by atoms with Gasteiger partial charge in [0.2, 0.25) is 10.0 Å². The van der Waals surface area contributed by atoms with Crippen LogP contribution < -0.4 is 4.72 Å². The Bertz CT molecular complexity index is 812. The summed E-state index contributed by atoms with van der Waals surface area (Å²) in [6, 6.07) is 3.69. The Morgan fingerprint density at radius 2 is 2.04 bits per heavy atom. The number of hydrogen-bond acceptors (Lipinski definition) is 5. The van der Waals surface area contributed by atoms with Gasteiger partial charge in [0.1, 0.15) is 11.0 Å². The highest BCUT2D eigenvalue weighted by Crippen LogP contribution is 2.29. The lowest BCUT2D eigenvalue weighted by molar-refractivity contribution is 0.110. The third-order valence-electron chi connectivity index (χ3n) is 3.67. The third-order valence-corrected chi connectivity index (χ3v) is 6.67. The van der Waals surface area contributed by atoms with Crippen molar-refractivity contribution in [3.63, 3.8) is 0 Å². The number of rotatable bonds is 7. The summed E-state index contributed by atoms with van der Waals surface area (Å²) in [5, 5.41) is 4.34. The zero-order valence-electron chi connectivity index (χ0n) is 14.3. The highest BCUT2D eigenvalue weighted by atomic mass is 35.5. The summed E-state index contributed by atoms with van der Waals surface area (Å²) in [5.74, 6) is 0. The van der Waals surface area contributed by atoms with Crippen LogP contribution in [0.1, 0.15) is 42.3 Å². The first-order valence-electron chi connectivity index (χ1n) is 7.50. The fraction of sp³-hybridized carbons (Fsp3) is 0.533. The molecule has 2 heterocycles. The summed E-state index contributed by atoms with van der Waals surface area (Å²) in [7, 11) is -2.14. The second-order valence-electron chi connectivity index (χ2n) is 5.76. The first-order valence-corrected chi connectivity index (χ1v) is 10.2. The van der Waals surface area contributed by atoms with Crippen LogP contribution in [0.2, 0.25) is 4.34 Å². The van der Waals surface area contributed by atoms with Crippen LogP contribution in [0.25, 0.3) is 0 Å². The average molecular weight is 392 g/mol. The molecule has 2 aromatic heterocycles. The topological polar surface area (TPSA) is 73.2 Å². The Hall–Kier alpha value is -0.930. The monoisotopic (exact) mass is 391 g/mol. The number of thiophene rings is 1. The molecule has 1 atom stereocenters. The molecule has 2 rings (SSSR count). The molecule has 0 aliphatic rings. The maximum absolute atomic E-state index is 12.7. The van der Waals surface area contributed by atoms with Crippen molar-refractivity contribution in [3.8, 4) is 0 Å². The van der Waals surface area contributed by atoms with E-state index in [1.54, 1.807) is 31.7 Å². The maximum atomic E-state index is 12.7. The molecule has 0 bridgehead atoms. The van der Waals surface area contributed by atoms with Crippen molar-refractivity contribution in [2.24, 2.45) is 0 Å². The molecule has 9 heteroatoms. The van der Waals surface area contributed by atoms with Gasteiger partial charge in [0.15, 0.2) is 0 Å². The van der Waals surface area contributed by atoms with E-state index in [1.165, 1.54) is 11.3 Å². The van der Waals surface area contributed by atoms with Crippen LogP contribution in [0.5, 0.6) is 0 Å². The molecule has 0 aromatic carbocycles. The molecular formula is C15H22ClN3O3S2. The molecule has 24 heavy (non-hydrogen) atoms. The van der Waals surface area contributed by atoms with Gasteiger partial charge in [-0.15, -0.1) is 11.3 Å². The van der Waals surface area contributed by atoms with Gasteiger partial charge in [0.25, 0.3) is 0 Å². The summed E-state index contributed by atoms with van der Waals surface area (Å²) in [5.41, 5.74) is 1.12. The van der Waals surface area contributed by atoms with Gasteiger partial charge in [-0.1, -0.05) is 11.6 Å². The number of halogens is 1. The first-order chi connectivity index (χ1) is 11.2. The van der Waals surface area contributed by atoms with Crippen molar-refractivity contribution >= 4 is 33.0 Å². The lowest BCUT2D eigenvalue weighted by Gasteiger charge is -2.15. The van der Waals surface area contributed by atoms with E-state index in [1.807, 2.05) is 19.9 Å². The second kappa shape index (κ2) is 7.53. The van der Waals surface area contributed by atoms with Crippen molar-refractivity contribution in [3.05, 3.63) is 32.7 Å². The number of nitrogens with one attached hydrogen (secondary N) is 1. The zero-order chi connectivity index (χ0) is 18.1. The molecular weight excluding hydrogens is 370 g/mol. The molecule has 0 fully saturated rings. The Morgan fingerprint density at radius 3 is 2.50 bits per heavy atom. The molecule has 6 nitrogen and oxygen atoms in total. The van der Waals surface area contributed by atoms with Crippen LogP contribution in [-0.2, 0) is 14.8 Å². The van der Waals surface area contributed by atoms with Gasteiger partial charge in [0.05, 0.1) is 15.7 Å². The SMILES string of the molecule is CO[C@H](CNS(=O)(=O)c1c(C)nn(C(C)C)c1C)c1ccc(Cl)s1. The molecule has 0 saturated heterocycles. The Balaban J connectivity index is 2.22. The minimum atomic E-state index is -3.68. The lowest BCUT2D eigenvalue weighted by Crippen LogP contribution is -2.29. The van der Waals surface area contributed by atoms with Crippen LogP contribution in [0.3, 0.4) is 0 Å². The van der Waals surface area contributed by atoms with E-state index >= 15 is 0 Å². The van der Waals surface area contributed by atoms with Crippen molar-refractivity contribution in [2.75, 3.05) is 13.7 Å². The van der Waals surface area contributed by atoms with Gasteiger partial charge in [-0.25, -0.2) is 13.1 Å². The fourth-order valence-electron chi connectivity index (χ4n) is 2.60. The highest BCUT2D eigenvalue weighted by Gasteiger charge is 2.26. The summed E-state index contributed by atoms with van der Waals surface area (Å²) < 4.78 is 35.8. The largest absolute Gasteiger partial charge is 0.375 e. The van der Waals surface area contributed by atoms with E-state index in [0.29, 0.717) is 15.7 Å². The summed E-state index contributed by atoms with van der Waals surface area (Å²) in [6.07, 6.45) is -0.391. The Kier molecular flexibility index (Phi) is 6.09. The number of methoxy groups -OCH3 is 1. The van der Waals surface area contributed by atoms with E-state index in [4.69, 9.17) is 16.3 Å². The maximum Gasteiger partial charge on any atom is 0.244 e. The van der Waals surface area contributed by atoms with Crippen molar-refractivity contribution in [1.29, 1.82) is 0 Å². The van der Waals surface area contributed by atoms with Crippen LogP contribution in [-0.4, -0.2) is 31.9 Å². The molecule has 134 valence electrons. The summed E-state index contributed by atoms with van der Waals surface area (Å²) in [4.78, 5) is 1.10. The first kappa shape index (κ1) is 19.4. The van der Waals surface area contributed by atoms with E-state index in [2.05, 4.69) is 9.82 Å². The standard InChI is InChI=1S/C15H22ClN3O3S2/c1-9(2)19-11(4)15(10(3)18-19)24(20,21)17-8-12(22-5)13-6-7-14(16)23-13/h6-7,9,12,17H,8H2,1-5H3/t12-/m1/s1. The summed E-state index contributed by atoms with van der Waals surface area (Å²) in [6.45, 7) is 7.52. The minimum absolute atomic E-state index is 0.0904. The number of hydrogen-bond donors (Lipinski definition) is 1. The smallest absolute Gasteiger partial charge is 0.244 e. The molecule has 0 amide bonds. The predicted octanol–water partition coefficient (Wildman–Crippen LogP) is 3.46. The number of aromatic nitrogens is 2. The van der Waals surface area contributed by atoms with E-state index < -0.39 is 16.1 Å². The summed E-state index contributed by atoms with van der Waals surface area (Å²) >= 11 is 7.30. The second-order valence-corrected chi connectivity index (χ2v) is 9.21. The van der Waals surface area contributed by atoms with Crippen LogP contribution in [0, 0.1) is 13.8 Å². The fourth-order valence-corrected chi connectivity index (χ4v) is 5.16. The quantitative estimate of drug-likeness (QED) is 0.784. The zero-order valence-corrected chi connectivity index (χ0v) is 16.7. The van der Waals surface area contributed by atoms with Gasteiger partial charge in [-0.2, -0.15) is 5.10 Å². The van der Waals surface area contributed by atoms with Crippen molar-refractivity contribution in [2.45, 2.75) is 44.7 Å². The third kappa shape index (κ3) is 4.00. The molecule has 0 aliphatic carbocycles. The normalized spacial score (nSPS) is 13.6. The van der Waals surface area contributed by atoms with Crippen molar-refractivity contribution < 1.29 is 13.2 Å². The predicted molar refractivity (Wildman–Crippen MR) is 96.4 cm³/mol. The highest BCUT2D eigenvalue weighted by molar-refractivity contribution is 7.89. The molecule has 0 radical (unpaired) electrons. The average Bonchev–Trinajstić information content (AvgIpc) is 3.03. The van der Waals surface area contributed by atoms with Gasteiger partial charge < -0.3 is 4.74 Å². The minimum Gasteiger partial charge on any atom is -0.375 e.